The predicted octanol–water partition coefficient (Wildman–Crippen LogP) is -3.87. The van der Waals surface area contributed by atoms with Crippen LogP contribution in [0.3, 0.4) is 0 Å². The molecule has 1 aromatic heterocycles. The maximum absolute atomic E-state index is 11.9. The Hall–Kier alpha value is -4.89. The van der Waals surface area contributed by atoms with Crippen molar-refractivity contribution in [3.8, 4) is 44.8 Å². The molecule has 3 nitrogen and oxygen atoms in total. The summed E-state index contributed by atoms with van der Waals surface area (Å²) in [6, 6.07) is 24.0. The number of nitrogens with zero attached hydrogens (tertiary/aromatic N) is 2. The van der Waals surface area contributed by atoms with Gasteiger partial charge in [0, 0.05) is 17.5 Å². The van der Waals surface area contributed by atoms with E-state index >= 15 is 0 Å². The lowest BCUT2D eigenvalue weighted by molar-refractivity contribution is 0.486. The lowest BCUT2D eigenvalue weighted by Gasteiger charge is -2.30. The van der Waals surface area contributed by atoms with Crippen LogP contribution < -0.4 is 65.6 Å². The Morgan fingerprint density at radius 2 is 0.875 bits per heavy atom. The third-order valence-electron chi connectivity index (χ3n) is 10.8. The summed E-state index contributed by atoms with van der Waals surface area (Å²) in [6.07, 6.45) is 0.778. The van der Waals surface area contributed by atoms with Crippen molar-refractivity contribution in [2.45, 2.75) is 13.3 Å². The van der Waals surface area contributed by atoms with Crippen LogP contribution in [0, 0.1) is 0 Å². The molecule has 234 valence electrons. The summed E-state index contributed by atoms with van der Waals surface area (Å²) in [7, 11) is 78.5. The molecule has 15 heteroatoms. The van der Waals surface area contributed by atoms with Crippen LogP contribution in [0.5, 0.6) is 5.75 Å². The van der Waals surface area contributed by atoms with Crippen LogP contribution in [0.2, 0.25) is 0 Å². The number of phenols is 1. The summed E-state index contributed by atoms with van der Waals surface area (Å²) in [5, 5.41) is 12.8. The van der Waals surface area contributed by atoms with E-state index in [4.69, 9.17) is 99.1 Å². The van der Waals surface area contributed by atoms with Crippen LogP contribution in [-0.4, -0.2) is 109 Å². The average Bonchev–Trinajstić information content (AvgIpc) is 3.60. The maximum atomic E-state index is 11.9. The van der Waals surface area contributed by atoms with Crippen molar-refractivity contribution in [1.29, 1.82) is 0 Å². The number of aromatic nitrogens is 2. The Morgan fingerprint density at radius 1 is 0.446 bits per heavy atom. The summed E-state index contributed by atoms with van der Waals surface area (Å²) in [6.45, 7) is 2.09. The number of para-hydroxylation sites is 2. The lowest BCUT2D eigenvalue weighted by atomic mass is 9.57. The Kier molecular flexibility index (Phi) is 9.46. The van der Waals surface area contributed by atoms with Gasteiger partial charge in [-0.3, -0.25) is 4.57 Å². The van der Waals surface area contributed by atoms with E-state index < -0.39 is 5.75 Å². The molecular weight excluding hydrogens is 666 g/mol. The van der Waals surface area contributed by atoms with E-state index in [2.05, 4.69) is 41.8 Å². The van der Waals surface area contributed by atoms with Gasteiger partial charge in [0.2, 0.25) is 0 Å². The Balaban J connectivity index is 1.41. The van der Waals surface area contributed by atoms with Crippen LogP contribution in [0.15, 0.2) is 72.8 Å². The molecule has 0 atom stereocenters. The number of aromatic hydroxyl groups is 1. The van der Waals surface area contributed by atoms with Crippen molar-refractivity contribution in [1.82, 2.24) is 9.55 Å². The van der Waals surface area contributed by atoms with Crippen LogP contribution >= 0.6 is 0 Å². The highest BCUT2D eigenvalue weighted by atomic mass is 16.3. The number of hydrogen-bond donors (Lipinski definition) is 1. The quantitative estimate of drug-likeness (QED) is 0.149. The highest BCUT2D eigenvalue weighted by Crippen LogP contribution is 2.43. The second kappa shape index (κ2) is 13.9. The van der Waals surface area contributed by atoms with Crippen LogP contribution in [0.4, 0.5) is 0 Å². The number of aryl methyl sites for hydroxylation is 1. The monoisotopic (exact) mass is 686 g/mol. The minimum Gasteiger partial charge on any atom is -0.508 e. The van der Waals surface area contributed by atoms with Gasteiger partial charge in [-0.2, -0.15) is 0 Å². The second-order valence-corrected chi connectivity index (χ2v) is 13.8. The first-order chi connectivity index (χ1) is 26.7. The van der Waals surface area contributed by atoms with E-state index in [9.17, 15) is 5.11 Å². The molecule has 0 spiro atoms. The normalized spacial score (nSPS) is 11.6. The van der Waals surface area contributed by atoms with Gasteiger partial charge in [-0.05, 0) is 73.8 Å². The van der Waals surface area contributed by atoms with E-state index in [-0.39, 0.29) is 92.8 Å². The van der Waals surface area contributed by atoms with Gasteiger partial charge in [-0.1, -0.05) is 88.2 Å². The Labute approximate surface area is 342 Å². The third kappa shape index (κ3) is 5.47. The fourth-order valence-electron chi connectivity index (χ4n) is 7.79. The van der Waals surface area contributed by atoms with Gasteiger partial charge < -0.3 is 5.11 Å². The molecule has 1 heterocycles. The van der Waals surface area contributed by atoms with Gasteiger partial charge in [-0.25, -0.2) is 4.98 Å². The van der Waals surface area contributed by atoms with Gasteiger partial charge in [-0.15, -0.1) is 32.8 Å². The molecule has 0 unspecified atom stereocenters. The molecule has 0 bridgehead atoms. The molecule has 0 fully saturated rings. The molecule has 0 aliphatic rings. The lowest BCUT2D eigenvalue weighted by Crippen LogP contribution is -2.55. The van der Waals surface area contributed by atoms with E-state index in [0.717, 1.165) is 40.1 Å². The largest absolute Gasteiger partial charge is 0.508 e. The van der Waals surface area contributed by atoms with Crippen LogP contribution in [-0.2, 0) is 6.42 Å². The molecule has 24 radical (unpaired) electrons. The van der Waals surface area contributed by atoms with Crippen LogP contribution in [0.1, 0.15) is 12.7 Å². The van der Waals surface area contributed by atoms with Gasteiger partial charge in [0.25, 0.3) is 0 Å². The van der Waals surface area contributed by atoms with Gasteiger partial charge in [0.1, 0.15) is 106 Å². The number of fused-ring (bicyclic) bond motifs is 3. The molecule has 8 aromatic rings. The highest BCUT2D eigenvalue weighted by molar-refractivity contribution is 6.72. The summed E-state index contributed by atoms with van der Waals surface area (Å²) < 4.78 is 2.17. The Morgan fingerprint density at radius 3 is 1.43 bits per heavy atom. The molecule has 56 heavy (non-hydrogen) atoms. The van der Waals surface area contributed by atoms with Gasteiger partial charge in [0.05, 0.1) is 11.0 Å². The van der Waals surface area contributed by atoms with E-state index in [0.29, 0.717) is 16.5 Å². The number of imidazole rings is 1. The minimum atomic E-state index is -0.431. The number of benzene rings is 7. The molecule has 0 amide bonds. The summed E-state index contributed by atoms with van der Waals surface area (Å²) in [5.41, 5.74) is 5.82. The van der Waals surface area contributed by atoms with Crippen molar-refractivity contribution >= 4 is 192 Å². The topological polar surface area (TPSA) is 38.0 Å². The van der Waals surface area contributed by atoms with Crippen molar-refractivity contribution in [3.05, 3.63) is 78.6 Å². The van der Waals surface area contributed by atoms with E-state index in [1.54, 1.807) is 0 Å². The first kappa shape index (κ1) is 38.0. The van der Waals surface area contributed by atoms with E-state index in [1.165, 1.54) is 0 Å². The standard InChI is InChI=1S/C41H18B12N2O/c1-2-21-54-19-5-3-4-6-20(19)55(21)18-13-11-16(12-14-18)15-7-9-17(10-8-15)22-24-26(31(44)35(48)34(47)29(24)42)23(27-25(22)30(43)38(51)40(53)41(27)56)28-32(45)36(49)39(52)37(50)33(28)46/h3-14,56H,2H2,1H3. The highest BCUT2D eigenvalue weighted by Gasteiger charge is 2.27. The molecule has 0 aliphatic heterocycles. The minimum absolute atomic E-state index is 0.0135. The first-order valence-corrected chi connectivity index (χ1v) is 17.6. The van der Waals surface area contributed by atoms with Gasteiger partial charge >= 0.3 is 0 Å². The first-order valence-electron chi connectivity index (χ1n) is 17.6. The maximum Gasteiger partial charge on any atom is 0.118 e. The zero-order chi connectivity index (χ0) is 40.1. The molecular formula is C41H18B12N2O. The summed E-state index contributed by atoms with van der Waals surface area (Å²) in [5.74, 6) is 0.539. The third-order valence-corrected chi connectivity index (χ3v) is 10.8. The summed E-state index contributed by atoms with van der Waals surface area (Å²) in [4.78, 5) is 4.82. The number of phenolic OH excluding ortho intramolecular Hbond substituents is 1. The van der Waals surface area contributed by atoms with Crippen molar-refractivity contribution in [2.24, 2.45) is 0 Å². The molecule has 0 saturated carbocycles. The zero-order valence-corrected chi connectivity index (χ0v) is 30.4. The van der Waals surface area contributed by atoms with Crippen molar-refractivity contribution in [3.63, 3.8) is 0 Å². The summed E-state index contributed by atoms with van der Waals surface area (Å²) >= 11 is 0. The smallest absolute Gasteiger partial charge is 0.118 e. The average molecular weight is 684 g/mol. The molecule has 8 rings (SSSR count). The SMILES string of the molecule is [B]c1c([B])c([B])c(-c2c3c([B])c([B])c([B])c([B])c3c(-c3ccc(-c4ccc(-n5c(CC)nc6ccccc65)cc4)cc3)c3c([B])c([B])c([B])c(O)c23)c([B])c1[B]. The number of rotatable bonds is 5. The molecule has 7 aromatic carbocycles. The van der Waals surface area contributed by atoms with Crippen molar-refractivity contribution < 1.29 is 5.11 Å². The molecule has 0 aliphatic carbocycles. The van der Waals surface area contributed by atoms with E-state index in [1.807, 2.05) is 42.5 Å². The molecule has 1 N–H and O–H groups in total. The number of hydrogen-bond acceptors (Lipinski definition) is 2. The molecule has 0 saturated heterocycles. The fourth-order valence-corrected chi connectivity index (χ4v) is 7.79. The predicted molar refractivity (Wildman–Crippen MR) is 248 cm³/mol. The second-order valence-electron chi connectivity index (χ2n) is 13.8. The zero-order valence-electron chi connectivity index (χ0n) is 30.4. The Bertz CT molecular complexity index is 2870. The fraction of sp³-hybridized carbons (Fsp3) is 0.0488. The van der Waals surface area contributed by atoms with Gasteiger partial charge in [0.15, 0.2) is 0 Å². The van der Waals surface area contributed by atoms with Crippen molar-refractivity contribution in [2.75, 3.05) is 0 Å². The van der Waals surface area contributed by atoms with Crippen LogP contribution in [0.25, 0.3) is 71.6 Å².